The molecule has 0 radical (unpaired) electrons. The number of nitrogens with one attached hydrogen (secondary N) is 1. The van der Waals surface area contributed by atoms with Crippen LogP contribution in [0.15, 0.2) is 79.1 Å². The first kappa shape index (κ1) is 19.1. The zero-order chi connectivity index (χ0) is 19.8. The largest absolute Gasteiger partial charge is 0.508 e. The molecule has 0 spiro atoms. The average molecular weight is 376 g/mol. The molecule has 1 aromatic heterocycles. The zero-order valence-corrected chi connectivity index (χ0v) is 15.1. The molecule has 1 atom stereocenters. The summed E-state index contributed by atoms with van der Waals surface area (Å²) in [5.74, 6) is -0.811. The van der Waals surface area contributed by atoms with E-state index in [9.17, 15) is 14.7 Å². The molecule has 142 valence electrons. The van der Waals surface area contributed by atoms with Gasteiger partial charge in [0.05, 0.1) is 5.56 Å². The second kappa shape index (κ2) is 9.32. The molecular formula is C22H20N2O4. The molecule has 0 fully saturated rings. The van der Waals surface area contributed by atoms with Crippen LogP contribution in [-0.4, -0.2) is 28.0 Å². The highest BCUT2D eigenvalue weighted by Crippen LogP contribution is 2.13. The van der Waals surface area contributed by atoms with Gasteiger partial charge in [0, 0.05) is 18.8 Å². The number of nitrogens with zero attached hydrogens (tertiary/aromatic N) is 1. The molecule has 6 heteroatoms. The van der Waals surface area contributed by atoms with E-state index in [1.54, 1.807) is 30.5 Å². The van der Waals surface area contributed by atoms with Crippen LogP contribution in [0.25, 0.3) is 0 Å². The predicted octanol–water partition coefficient (Wildman–Crippen LogP) is 2.87. The normalized spacial score (nSPS) is 11.4. The first-order valence-corrected chi connectivity index (χ1v) is 8.81. The maximum absolute atomic E-state index is 12.7. The molecule has 0 aliphatic rings. The summed E-state index contributed by atoms with van der Waals surface area (Å²) in [7, 11) is 0. The van der Waals surface area contributed by atoms with Crippen LogP contribution in [0.4, 0.5) is 0 Å². The van der Waals surface area contributed by atoms with Crippen molar-refractivity contribution >= 4 is 11.9 Å². The summed E-state index contributed by atoms with van der Waals surface area (Å²) >= 11 is 0. The van der Waals surface area contributed by atoms with Crippen LogP contribution in [0, 0.1) is 0 Å². The highest BCUT2D eigenvalue weighted by Gasteiger charge is 2.23. The molecule has 0 aliphatic carbocycles. The topological polar surface area (TPSA) is 88.5 Å². The van der Waals surface area contributed by atoms with Gasteiger partial charge < -0.3 is 15.2 Å². The summed E-state index contributed by atoms with van der Waals surface area (Å²) in [5, 5.41) is 12.2. The molecule has 28 heavy (non-hydrogen) atoms. The summed E-state index contributed by atoms with van der Waals surface area (Å²) < 4.78 is 5.40. The molecule has 3 aromatic rings. The minimum absolute atomic E-state index is 0.120. The number of aromatic nitrogens is 1. The van der Waals surface area contributed by atoms with Gasteiger partial charge >= 0.3 is 5.97 Å². The zero-order valence-electron chi connectivity index (χ0n) is 15.1. The number of ether oxygens (including phenoxy) is 1. The standard InChI is InChI=1S/C22H20N2O4/c25-19-10-8-16(9-11-19)13-20(24-21(26)18-7-4-12-23-14-18)22(27)28-15-17-5-2-1-3-6-17/h1-12,14,20,25H,13,15H2,(H,24,26). The Labute approximate surface area is 162 Å². The minimum Gasteiger partial charge on any atom is -0.508 e. The summed E-state index contributed by atoms with van der Waals surface area (Å²) in [5.41, 5.74) is 2.00. The lowest BCUT2D eigenvalue weighted by Gasteiger charge is -2.18. The number of aromatic hydroxyl groups is 1. The third kappa shape index (κ3) is 5.41. The summed E-state index contributed by atoms with van der Waals surface area (Å²) in [6, 6.07) is 18.2. The third-order valence-electron chi connectivity index (χ3n) is 4.11. The number of carbonyl (C=O) groups excluding carboxylic acids is 2. The Morgan fingerprint density at radius 2 is 1.71 bits per heavy atom. The van der Waals surface area contributed by atoms with E-state index in [4.69, 9.17) is 4.74 Å². The highest BCUT2D eigenvalue weighted by atomic mass is 16.5. The van der Waals surface area contributed by atoms with Crippen molar-refractivity contribution in [2.45, 2.75) is 19.1 Å². The van der Waals surface area contributed by atoms with Crippen molar-refractivity contribution in [2.24, 2.45) is 0 Å². The number of amides is 1. The summed E-state index contributed by atoms with van der Waals surface area (Å²) in [6.45, 7) is 0.120. The summed E-state index contributed by atoms with van der Waals surface area (Å²) in [4.78, 5) is 29.1. The fraction of sp³-hybridized carbons (Fsp3) is 0.136. The van der Waals surface area contributed by atoms with E-state index in [1.165, 1.54) is 18.3 Å². The molecule has 0 bridgehead atoms. The van der Waals surface area contributed by atoms with Gasteiger partial charge in [-0.05, 0) is 35.4 Å². The summed E-state index contributed by atoms with van der Waals surface area (Å²) in [6.07, 6.45) is 3.24. The number of esters is 1. The quantitative estimate of drug-likeness (QED) is 0.619. The van der Waals surface area contributed by atoms with Gasteiger partial charge in [-0.1, -0.05) is 42.5 Å². The smallest absolute Gasteiger partial charge is 0.329 e. The third-order valence-corrected chi connectivity index (χ3v) is 4.11. The van der Waals surface area contributed by atoms with E-state index in [0.717, 1.165) is 11.1 Å². The predicted molar refractivity (Wildman–Crippen MR) is 104 cm³/mol. The van der Waals surface area contributed by atoms with Gasteiger partial charge in [0.1, 0.15) is 18.4 Å². The molecule has 0 aliphatic heterocycles. The van der Waals surface area contributed by atoms with Gasteiger partial charge in [-0.2, -0.15) is 0 Å². The first-order chi connectivity index (χ1) is 13.6. The van der Waals surface area contributed by atoms with Gasteiger partial charge in [0.25, 0.3) is 5.91 Å². The number of phenols is 1. The fourth-order valence-electron chi connectivity index (χ4n) is 2.63. The van der Waals surface area contributed by atoms with Crippen LogP contribution < -0.4 is 5.32 Å². The number of hydrogen-bond donors (Lipinski definition) is 2. The number of phenolic OH excluding ortho intramolecular Hbond substituents is 1. The number of benzene rings is 2. The molecule has 1 heterocycles. The van der Waals surface area contributed by atoms with Gasteiger partial charge in [-0.25, -0.2) is 4.79 Å². The molecule has 2 N–H and O–H groups in total. The lowest BCUT2D eigenvalue weighted by Crippen LogP contribution is -2.43. The number of rotatable bonds is 7. The molecule has 1 amide bonds. The van der Waals surface area contributed by atoms with Gasteiger partial charge in [-0.15, -0.1) is 0 Å². The number of hydrogen-bond acceptors (Lipinski definition) is 5. The van der Waals surface area contributed by atoms with Crippen LogP contribution in [0.5, 0.6) is 5.75 Å². The lowest BCUT2D eigenvalue weighted by molar-refractivity contribution is -0.147. The Balaban J connectivity index is 1.71. The van der Waals surface area contributed by atoms with Crippen LogP contribution in [0.2, 0.25) is 0 Å². The van der Waals surface area contributed by atoms with Gasteiger partial charge in [0.15, 0.2) is 0 Å². The molecular weight excluding hydrogens is 356 g/mol. The van der Waals surface area contributed by atoms with Crippen LogP contribution in [0.3, 0.4) is 0 Å². The van der Waals surface area contributed by atoms with Crippen molar-refractivity contribution in [3.63, 3.8) is 0 Å². The maximum Gasteiger partial charge on any atom is 0.329 e. The lowest BCUT2D eigenvalue weighted by atomic mass is 10.1. The highest BCUT2D eigenvalue weighted by molar-refractivity contribution is 5.96. The van der Waals surface area contributed by atoms with Crippen molar-refractivity contribution in [3.8, 4) is 5.75 Å². The van der Waals surface area contributed by atoms with Crippen molar-refractivity contribution in [1.82, 2.24) is 10.3 Å². The number of carbonyl (C=O) groups is 2. The van der Waals surface area contributed by atoms with Crippen molar-refractivity contribution in [3.05, 3.63) is 95.8 Å². The van der Waals surface area contributed by atoms with Crippen LogP contribution in [0.1, 0.15) is 21.5 Å². The maximum atomic E-state index is 12.7. The Morgan fingerprint density at radius 3 is 2.39 bits per heavy atom. The van der Waals surface area contributed by atoms with Crippen LogP contribution >= 0.6 is 0 Å². The minimum atomic E-state index is -0.874. The van der Waals surface area contributed by atoms with Crippen molar-refractivity contribution in [2.75, 3.05) is 0 Å². The Kier molecular flexibility index (Phi) is 6.36. The SMILES string of the molecule is O=C(NC(Cc1ccc(O)cc1)C(=O)OCc1ccccc1)c1cccnc1. The van der Waals surface area contributed by atoms with E-state index in [2.05, 4.69) is 10.3 Å². The second-order valence-corrected chi connectivity index (χ2v) is 6.23. The van der Waals surface area contributed by atoms with E-state index >= 15 is 0 Å². The van der Waals surface area contributed by atoms with E-state index in [0.29, 0.717) is 5.56 Å². The van der Waals surface area contributed by atoms with E-state index in [-0.39, 0.29) is 18.8 Å². The van der Waals surface area contributed by atoms with E-state index in [1.807, 2.05) is 30.3 Å². The van der Waals surface area contributed by atoms with Crippen molar-refractivity contribution in [1.29, 1.82) is 0 Å². The molecule has 1 unspecified atom stereocenters. The van der Waals surface area contributed by atoms with Crippen molar-refractivity contribution < 1.29 is 19.4 Å². The molecule has 6 nitrogen and oxygen atoms in total. The molecule has 0 saturated carbocycles. The average Bonchev–Trinajstić information content (AvgIpc) is 2.74. The molecule has 2 aromatic carbocycles. The van der Waals surface area contributed by atoms with Crippen LogP contribution in [-0.2, 0) is 22.6 Å². The second-order valence-electron chi connectivity index (χ2n) is 6.23. The van der Waals surface area contributed by atoms with Gasteiger partial charge in [-0.3, -0.25) is 9.78 Å². The van der Waals surface area contributed by atoms with Gasteiger partial charge in [0.2, 0.25) is 0 Å². The Bertz CT molecular complexity index is 912. The Morgan fingerprint density at radius 1 is 0.964 bits per heavy atom. The number of pyridine rings is 1. The van der Waals surface area contributed by atoms with E-state index < -0.39 is 17.9 Å². The molecule has 0 saturated heterocycles. The first-order valence-electron chi connectivity index (χ1n) is 8.81. The Hall–Kier alpha value is -3.67. The monoisotopic (exact) mass is 376 g/mol. The molecule has 3 rings (SSSR count). The fourth-order valence-corrected chi connectivity index (χ4v) is 2.63.